The Kier molecular flexibility index (Phi) is 16.3. The fourth-order valence-electron chi connectivity index (χ4n) is 18.3. The lowest BCUT2D eigenvalue weighted by Gasteiger charge is -2.46. The van der Waals surface area contributed by atoms with Crippen LogP contribution in [-0.2, 0) is 51.6 Å². The van der Waals surface area contributed by atoms with Crippen LogP contribution in [0.2, 0.25) is 0 Å². The first-order chi connectivity index (χ1) is 62.8. The van der Waals surface area contributed by atoms with Crippen LogP contribution >= 0.6 is 0 Å². The van der Waals surface area contributed by atoms with E-state index in [9.17, 15) is 19.2 Å². The second-order valence-corrected chi connectivity index (χ2v) is 43.9. The minimum absolute atomic E-state index is 0.199. The average Bonchev–Trinajstić information content (AvgIpc) is 0.732. The van der Waals surface area contributed by atoms with Gasteiger partial charge >= 0.3 is 0 Å². The molecule has 0 unspecified atom stereocenters. The zero-order chi connectivity index (χ0) is 99.3. The Hall–Kier alpha value is -10.9. The van der Waals surface area contributed by atoms with E-state index in [4.69, 9.17) is 0 Å². The van der Waals surface area contributed by atoms with E-state index >= 15 is 0 Å². The van der Waals surface area contributed by atoms with Gasteiger partial charge in [-0.05, 0) is 254 Å². The van der Waals surface area contributed by atoms with E-state index in [1.807, 2.05) is 83.6 Å². The molecule has 0 spiro atoms. The Balaban J connectivity index is 1.15. The highest BCUT2D eigenvalue weighted by atomic mass is 15.2. The molecule has 0 amide bonds. The number of fused-ring (bicyclic) bond motifs is 10. The van der Waals surface area contributed by atoms with Gasteiger partial charge in [-0.3, -0.25) is 0 Å². The topological polar surface area (TPSA) is 16.3 Å². The van der Waals surface area contributed by atoms with Crippen LogP contribution < -0.4 is 26.2 Å². The van der Waals surface area contributed by atoms with Gasteiger partial charge in [0.15, 0.2) is 0 Å². The van der Waals surface area contributed by atoms with Crippen LogP contribution in [0.4, 0.5) is 34.1 Å². The first-order valence-corrected chi connectivity index (χ1v) is 43.8. The van der Waals surface area contributed by atoms with Crippen molar-refractivity contribution in [3.8, 4) is 55.9 Å². The summed E-state index contributed by atoms with van der Waals surface area (Å²) in [5.41, 5.74) is 18.9. The predicted molar refractivity (Wildman–Crippen MR) is 533 cm³/mol. The van der Waals surface area contributed by atoms with Crippen LogP contribution in [0.5, 0.6) is 0 Å². The van der Waals surface area contributed by atoms with Crippen LogP contribution in [-0.4, -0.2) is 15.8 Å². The molecule has 0 N–H and O–H groups in total. The van der Waals surface area contributed by atoms with Gasteiger partial charge in [-0.25, -0.2) is 0 Å². The van der Waals surface area contributed by atoms with Crippen LogP contribution in [0.15, 0.2) is 255 Å². The second kappa shape index (κ2) is 29.4. The Morgan fingerprint density at radius 2 is 0.574 bits per heavy atom. The standard InChI is InChI=1S/C117H129BN4/c1-109(2,3)70-73-48-54-100-94(56-73)88-44-28-30-46-98(88)119(100)86-50-52-96-102(68-86)121(107-90(76-36-32-40-80(60-76)112(10,11)12)64-84(116(22,23)24)65-91(107)77-37-33-41-81(61-77)113(13,14)15)104-58-75(72-111(7,8)9)59-105-106(104)118(96)97-53-51-87(120-99-47-31-29-45-89(99)95-57-74(49-55-101(95)120)71-110(4,5)6)69-103(97)122(105)108-92(78-38-34-42-82(62-78)114(16,17)18)66-85(117(25,26)27)67-93(108)79-39-35-43-83(63-79)115(19,20)21/h28-69H,70-72H2,1-27H3/i28D,29D,30D,31D,44D,45D,46D,47D,70D2,71D2,72D2. The molecule has 2 aliphatic rings. The molecule has 13 aromatic carbocycles. The number of para-hydroxylation sites is 2. The molecule has 0 bridgehead atoms. The van der Waals surface area contributed by atoms with Crippen LogP contribution in [0.25, 0.3) is 99.5 Å². The van der Waals surface area contributed by atoms with Crippen molar-refractivity contribution in [2.24, 2.45) is 16.2 Å². The fraction of sp³-hybridized carbons (Fsp3) is 0.333. The highest BCUT2D eigenvalue weighted by Crippen LogP contribution is 2.57. The van der Waals surface area contributed by atoms with Crippen LogP contribution in [0.1, 0.15) is 256 Å². The van der Waals surface area contributed by atoms with E-state index in [0.717, 1.165) is 106 Å². The van der Waals surface area contributed by atoms with E-state index in [1.165, 1.54) is 0 Å². The van der Waals surface area contributed by atoms with Crippen molar-refractivity contribution >= 4 is 101 Å². The molecule has 4 heterocycles. The third kappa shape index (κ3) is 15.6. The summed E-state index contributed by atoms with van der Waals surface area (Å²) in [5, 5.41) is 1.35. The lowest BCUT2D eigenvalue weighted by Crippen LogP contribution is -2.61. The summed E-state index contributed by atoms with van der Waals surface area (Å²) in [5.74, 6) is 0. The highest BCUT2D eigenvalue weighted by Gasteiger charge is 2.47. The average molecular weight is 1620 g/mol. The molecule has 620 valence electrons. The lowest BCUT2D eigenvalue weighted by atomic mass is 9.33. The highest BCUT2D eigenvalue weighted by molar-refractivity contribution is 7.00. The molecule has 2 aliphatic heterocycles. The molecular weight excluding hydrogens is 1470 g/mol. The van der Waals surface area contributed by atoms with Gasteiger partial charge in [0.25, 0.3) is 6.71 Å². The van der Waals surface area contributed by atoms with E-state index in [-0.39, 0.29) is 67.6 Å². The van der Waals surface area contributed by atoms with E-state index in [0.29, 0.717) is 72.6 Å². The van der Waals surface area contributed by atoms with Gasteiger partial charge in [0, 0.05) is 86.1 Å². The third-order valence-corrected chi connectivity index (χ3v) is 24.5. The van der Waals surface area contributed by atoms with Gasteiger partial charge in [-0.1, -0.05) is 345 Å². The molecule has 0 aliphatic carbocycles. The normalized spacial score (nSPS) is 15.7. The molecule has 0 radical (unpaired) electrons. The Bertz CT molecular complexity index is 6920. The Morgan fingerprint density at radius 3 is 0.877 bits per heavy atom. The van der Waals surface area contributed by atoms with Crippen molar-refractivity contribution in [2.75, 3.05) is 9.80 Å². The van der Waals surface area contributed by atoms with Crippen molar-refractivity contribution in [1.82, 2.24) is 9.13 Å². The number of aromatic nitrogens is 2. The fourth-order valence-corrected chi connectivity index (χ4v) is 18.3. The van der Waals surface area contributed by atoms with Gasteiger partial charge in [0.05, 0.1) is 44.4 Å². The molecule has 17 rings (SSSR count). The summed E-state index contributed by atoms with van der Waals surface area (Å²) in [6, 6.07) is 70.0. The third-order valence-electron chi connectivity index (χ3n) is 24.5. The SMILES string of the molecule is [2H]c1c([2H])c([2H])c2c(c1[2H])c1cc(C([2H])([2H])C(C)(C)C)ccc1n2-c1ccc2c(c1)N(c1c(-c3cccc(C(C)(C)C)c3)cc(C(C)(C)C)cc1-c1cccc(C(C)(C)C)c1)c1cc(C([2H])([2H])C(C)(C)C)cc3c1B2c1ccc(-n2c4ccc(C([2H])([2H])C(C)(C)C)cc4c4c([2H])c([2H])c([2H])c([2H])c42)cc1N3c1c(-c2cccc(C(C)(C)C)c2)cc(C(C)(C)C)cc1-c1cccc(C(C)(C)C)c1. The molecule has 0 fully saturated rings. The first-order valence-electron chi connectivity index (χ1n) is 50.8. The summed E-state index contributed by atoms with van der Waals surface area (Å²) in [7, 11) is 0. The minimum Gasteiger partial charge on any atom is -0.310 e. The summed E-state index contributed by atoms with van der Waals surface area (Å²) >= 11 is 0. The van der Waals surface area contributed by atoms with Gasteiger partial charge in [-0.2, -0.15) is 0 Å². The molecule has 0 saturated heterocycles. The van der Waals surface area contributed by atoms with Gasteiger partial charge in [0.1, 0.15) is 0 Å². The summed E-state index contributed by atoms with van der Waals surface area (Å²) in [6.07, 6.45) is -5.99. The zero-order valence-corrected chi connectivity index (χ0v) is 77.0. The largest absolute Gasteiger partial charge is 0.310 e. The maximum Gasteiger partial charge on any atom is 0.252 e. The van der Waals surface area contributed by atoms with E-state index in [2.05, 4.69) is 304 Å². The maximum absolute atomic E-state index is 11.3. The molecule has 0 atom stereocenters. The second-order valence-electron chi connectivity index (χ2n) is 43.9. The molecule has 122 heavy (non-hydrogen) atoms. The van der Waals surface area contributed by atoms with Gasteiger partial charge in [-0.15, -0.1) is 0 Å². The number of benzene rings is 13. The quantitative estimate of drug-likeness (QED) is 0.120. The number of nitrogens with zero attached hydrogens (tertiary/aromatic N) is 4. The van der Waals surface area contributed by atoms with Crippen molar-refractivity contribution in [3.05, 3.63) is 305 Å². The summed E-state index contributed by atoms with van der Waals surface area (Å²) in [6.45, 7) is 56.6. The van der Waals surface area contributed by atoms with Gasteiger partial charge in [0.2, 0.25) is 0 Å². The number of anilines is 6. The summed E-state index contributed by atoms with van der Waals surface area (Å²) < 4.78 is 144. The van der Waals surface area contributed by atoms with Crippen molar-refractivity contribution in [3.63, 3.8) is 0 Å². The monoisotopic (exact) mass is 1620 g/mol. The Morgan fingerprint density at radius 1 is 0.270 bits per heavy atom. The molecule has 2 aromatic heterocycles. The Labute approximate surface area is 750 Å². The molecule has 4 nitrogen and oxygen atoms in total. The number of hydrogen-bond acceptors (Lipinski definition) is 2. The van der Waals surface area contributed by atoms with Gasteiger partial charge < -0.3 is 18.9 Å². The predicted octanol–water partition coefficient (Wildman–Crippen LogP) is 31.2. The zero-order valence-electron chi connectivity index (χ0n) is 91.0. The maximum atomic E-state index is 11.3. The molecule has 15 aromatic rings. The number of hydrogen-bond donors (Lipinski definition) is 0. The number of rotatable bonds is 11. The lowest BCUT2D eigenvalue weighted by molar-refractivity contribution is 0.411. The molecule has 0 saturated carbocycles. The van der Waals surface area contributed by atoms with Crippen LogP contribution in [0, 0.1) is 16.2 Å². The summed E-state index contributed by atoms with van der Waals surface area (Å²) in [4.78, 5) is 4.81. The first kappa shape index (κ1) is 67.7. The van der Waals surface area contributed by atoms with E-state index in [1.54, 1.807) is 24.3 Å². The van der Waals surface area contributed by atoms with Crippen molar-refractivity contribution in [2.45, 2.75) is 239 Å². The van der Waals surface area contributed by atoms with E-state index < -0.39 is 77.1 Å². The van der Waals surface area contributed by atoms with Crippen LogP contribution in [0.3, 0.4) is 0 Å². The van der Waals surface area contributed by atoms with Crippen molar-refractivity contribution < 1.29 is 19.2 Å². The smallest absolute Gasteiger partial charge is 0.252 e. The minimum atomic E-state index is -2.16. The molecule has 5 heteroatoms. The molecular formula is C117H129BN4. The van der Waals surface area contributed by atoms with Crippen molar-refractivity contribution in [1.29, 1.82) is 0 Å².